The third-order valence-corrected chi connectivity index (χ3v) is 3.32. The van der Waals surface area contributed by atoms with Crippen LogP contribution < -0.4 is 0 Å². The molecule has 0 aromatic heterocycles. The van der Waals surface area contributed by atoms with E-state index in [1.165, 1.54) is 12.8 Å². The second-order valence-corrected chi connectivity index (χ2v) is 3.88. The van der Waals surface area contributed by atoms with Crippen LogP contribution in [-0.4, -0.2) is 22.2 Å². The smallest absolute Gasteiger partial charge is 0.410 e. The molecule has 0 unspecified atom stereocenters. The van der Waals surface area contributed by atoms with Crippen LogP contribution in [-0.2, 0) is 3.79 Å². The molecule has 0 aromatic carbocycles. The molecule has 0 aliphatic carbocycles. The zero-order chi connectivity index (χ0) is 10.2. The summed E-state index contributed by atoms with van der Waals surface area (Å²) in [7, 11) is 0. The molecule has 0 N–H and O–H groups in total. The molecule has 13 heavy (non-hydrogen) atoms. The van der Waals surface area contributed by atoms with E-state index in [9.17, 15) is 0 Å². The number of rotatable bonds is 8. The van der Waals surface area contributed by atoms with Crippen molar-refractivity contribution in [2.24, 2.45) is 0 Å². The first kappa shape index (κ1) is 13.0. The van der Waals surface area contributed by atoms with E-state index in [-0.39, 0.29) is 5.60 Å². The third kappa shape index (κ3) is 4.67. The Balaban J connectivity index is 4.23. The van der Waals surface area contributed by atoms with Crippen LogP contribution in [0.4, 0.5) is 0 Å². The van der Waals surface area contributed by atoms with Crippen LogP contribution in [0.2, 0.25) is 0 Å². The maximum absolute atomic E-state index is 5.72. The fourth-order valence-corrected chi connectivity index (χ4v) is 2.12. The predicted octanol–water partition coefficient (Wildman–Crippen LogP) is 2.63. The summed E-state index contributed by atoms with van der Waals surface area (Å²) in [6.07, 6.45) is 9.38. The van der Waals surface area contributed by atoms with Crippen LogP contribution in [0.3, 0.4) is 0 Å². The summed E-state index contributed by atoms with van der Waals surface area (Å²) < 4.78 is 5.72. The Kier molecular flexibility index (Phi) is 7.37. The van der Waals surface area contributed by atoms with Crippen molar-refractivity contribution in [2.75, 3.05) is 0 Å². The van der Waals surface area contributed by atoms with E-state index in [2.05, 4.69) is 20.1 Å². The van der Waals surface area contributed by atoms with Crippen molar-refractivity contribution < 1.29 is 3.79 Å². The Bertz CT molecular complexity index is 144. The topological polar surface area (TPSA) is 9.23 Å². The van der Waals surface area contributed by atoms with E-state index < -0.39 is 0 Å². The van der Waals surface area contributed by atoms with Gasteiger partial charge in [0.1, 0.15) is 0 Å². The van der Waals surface area contributed by atoms with E-state index in [1.54, 1.807) is 0 Å². The second kappa shape index (κ2) is 7.38. The van der Waals surface area contributed by atoms with Gasteiger partial charge in [0.15, 0.2) is 0 Å². The van der Waals surface area contributed by atoms with Gasteiger partial charge in [0.05, 0.1) is 0 Å². The molecule has 1 nitrogen and oxygen atoms in total. The third-order valence-electron chi connectivity index (χ3n) is 2.45. The lowest BCUT2D eigenvalue weighted by molar-refractivity contribution is 0.0738. The molecule has 0 bridgehead atoms. The van der Waals surface area contributed by atoms with Gasteiger partial charge in [-0.05, 0) is 19.3 Å². The van der Waals surface area contributed by atoms with E-state index in [1.807, 2.05) is 12.2 Å². The Labute approximate surface area is 90.6 Å². The average Bonchev–Trinajstić information content (AvgIpc) is 2.15. The van der Waals surface area contributed by atoms with Crippen LogP contribution in [0.15, 0.2) is 25.3 Å². The largest absolute Gasteiger partial charge is 0.501 e. The highest BCUT2D eigenvalue weighted by molar-refractivity contribution is 5.98. The summed E-state index contributed by atoms with van der Waals surface area (Å²) in [6, 6.07) is 0. The normalized spacial score (nSPS) is 11.2. The van der Waals surface area contributed by atoms with Crippen molar-refractivity contribution in [1.82, 2.24) is 0 Å². The molecular formula is C11H21AlO. The highest BCUT2D eigenvalue weighted by atomic mass is 27.1. The van der Waals surface area contributed by atoms with Crippen LogP contribution >= 0.6 is 0 Å². The van der Waals surface area contributed by atoms with Crippen molar-refractivity contribution in [2.45, 2.75) is 44.6 Å². The van der Waals surface area contributed by atoms with E-state index in [0.717, 1.165) is 35.9 Å². The molecule has 0 amide bonds. The van der Waals surface area contributed by atoms with Gasteiger partial charge in [0.25, 0.3) is 0 Å². The summed E-state index contributed by atoms with van der Waals surface area (Å²) in [5, 5.41) is 0. The Hall–Kier alpha value is -0.0275. The summed E-state index contributed by atoms with van der Waals surface area (Å²) in [5.41, 5.74) is 0.0196. The summed E-state index contributed by atoms with van der Waals surface area (Å²) in [4.78, 5) is 0. The predicted molar refractivity (Wildman–Crippen MR) is 61.5 cm³/mol. The minimum absolute atomic E-state index is 0.0196. The molecule has 0 spiro atoms. The van der Waals surface area contributed by atoms with Crippen molar-refractivity contribution in [3.05, 3.63) is 25.3 Å². The summed E-state index contributed by atoms with van der Waals surface area (Å²) >= 11 is 0.796. The van der Waals surface area contributed by atoms with Gasteiger partial charge in [0.2, 0.25) is 0 Å². The SMILES string of the molecule is C=CCC(CC=C)(CCCC)[O][AlH2]. The molecule has 0 saturated carbocycles. The van der Waals surface area contributed by atoms with Crippen molar-refractivity contribution in [3.8, 4) is 0 Å². The van der Waals surface area contributed by atoms with Gasteiger partial charge in [-0.2, -0.15) is 0 Å². The molecule has 0 saturated heterocycles. The lowest BCUT2D eigenvalue weighted by Crippen LogP contribution is -2.30. The van der Waals surface area contributed by atoms with Gasteiger partial charge in [-0.25, -0.2) is 0 Å². The van der Waals surface area contributed by atoms with Crippen LogP contribution in [0, 0.1) is 0 Å². The molecular weight excluding hydrogens is 175 g/mol. The summed E-state index contributed by atoms with van der Waals surface area (Å²) in [5.74, 6) is 0. The number of hydrogen-bond donors (Lipinski definition) is 0. The fraction of sp³-hybridized carbons (Fsp3) is 0.636. The standard InChI is InChI=1S/C11H19O.Al.2H/c1-4-7-10-11(12,8-5-2)9-6-3;;;/h5-6H,2-4,7-10H2,1H3;;;/q-1;+1;;. The Morgan fingerprint density at radius 3 is 2.15 bits per heavy atom. The Morgan fingerprint density at radius 2 is 1.85 bits per heavy atom. The lowest BCUT2D eigenvalue weighted by Gasteiger charge is -2.32. The fourth-order valence-electron chi connectivity index (χ4n) is 1.58. The maximum Gasteiger partial charge on any atom is 0.410 e. The van der Waals surface area contributed by atoms with Crippen LogP contribution in [0.25, 0.3) is 0 Å². The van der Waals surface area contributed by atoms with Gasteiger partial charge in [-0.1, -0.05) is 31.9 Å². The zero-order valence-electron chi connectivity index (χ0n) is 9.01. The molecule has 0 atom stereocenters. The molecule has 0 fully saturated rings. The minimum Gasteiger partial charge on any atom is -0.501 e. The van der Waals surface area contributed by atoms with E-state index in [4.69, 9.17) is 3.79 Å². The van der Waals surface area contributed by atoms with Gasteiger partial charge in [-0.3, -0.25) is 0 Å². The van der Waals surface area contributed by atoms with Crippen LogP contribution in [0.1, 0.15) is 39.0 Å². The highest BCUT2D eigenvalue weighted by Crippen LogP contribution is 2.27. The molecule has 74 valence electrons. The van der Waals surface area contributed by atoms with E-state index >= 15 is 0 Å². The molecule has 0 rings (SSSR count). The first-order valence-electron chi connectivity index (χ1n) is 5.01. The molecule has 0 aromatic rings. The van der Waals surface area contributed by atoms with Gasteiger partial charge < -0.3 is 3.79 Å². The summed E-state index contributed by atoms with van der Waals surface area (Å²) in [6.45, 7) is 9.78. The van der Waals surface area contributed by atoms with E-state index in [0.29, 0.717) is 0 Å². The number of hydrogen-bond acceptors (Lipinski definition) is 1. The zero-order valence-corrected chi connectivity index (χ0v) is 11.0. The van der Waals surface area contributed by atoms with Gasteiger partial charge in [-0.15, -0.1) is 13.2 Å². The molecule has 0 heterocycles. The van der Waals surface area contributed by atoms with Crippen molar-refractivity contribution in [3.63, 3.8) is 0 Å². The first-order valence-corrected chi connectivity index (χ1v) is 5.83. The first-order chi connectivity index (χ1) is 6.24. The monoisotopic (exact) mass is 196 g/mol. The quantitative estimate of drug-likeness (QED) is 0.428. The second-order valence-electron chi connectivity index (χ2n) is 3.48. The molecule has 0 aliphatic rings. The van der Waals surface area contributed by atoms with Gasteiger partial charge in [0, 0.05) is 5.60 Å². The molecule has 0 radical (unpaired) electrons. The number of unbranched alkanes of at least 4 members (excludes halogenated alkanes) is 1. The molecule has 2 heteroatoms. The Morgan fingerprint density at radius 1 is 1.31 bits per heavy atom. The molecule has 0 aliphatic heterocycles. The minimum atomic E-state index is 0.0196. The highest BCUT2D eigenvalue weighted by Gasteiger charge is 2.24. The van der Waals surface area contributed by atoms with Crippen LogP contribution in [0.5, 0.6) is 0 Å². The van der Waals surface area contributed by atoms with Crippen molar-refractivity contribution >= 4 is 16.6 Å². The lowest BCUT2D eigenvalue weighted by atomic mass is 9.90. The van der Waals surface area contributed by atoms with Gasteiger partial charge >= 0.3 is 16.6 Å². The maximum atomic E-state index is 5.72. The van der Waals surface area contributed by atoms with Crippen molar-refractivity contribution in [1.29, 1.82) is 0 Å². The average molecular weight is 196 g/mol.